The maximum absolute atomic E-state index is 5.35. The molecule has 0 aromatic heterocycles. The molecule has 2 N–H and O–H groups in total. The SMILES string of the molecule is C#CCCCC(C)=CCCN. The van der Waals surface area contributed by atoms with E-state index in [-0.39, 0.29) is 0 Å². The van der Waals surface area contributed by atoms with Crippen molar-refractivity contribution in [3.05, 3.63) is 11.6 Å². The molecule has 0 rings (SSSR count). The fourth-order valence-electron chi connectivity index (χ4n) is 0.901. The van der Waals surface area contributed by atoms with Gasteiger partial charge in [-0.3, -0.25) is 0 Å². The van der Waals surface area contributed by atoms with Gasteiger partial charge in [-0.1, -0.05) is 11.6 Å². The van der Waals surface area contributed by atoms with Crippen molar-refractivity contribution < 1.29 is 0 Å². The van der Waals surface area contributed by atoms with Gasteiger partial charge < -0.3 is 5.73 Å². The number of terminal acetylenes is 1. The first-order valence-electron chi connectivity index (χ1n) is 4.10. The average molecular weight is 151 g/mol. The van der Waals surface area contributed by atoms with E-state index in [2.05, 4.69) is 18.9 Å². The second-order valence-corrected chi connectivity index (χ2v) is 2.69. The lowest BCUT2D eigenvalue weighted by Crippen LogP contribution is -1.95. The van der Waals surface area contributed by atoms with Crippen LogP contribution in [0.15, 0.2) is 11.6 Å². The van der Waals surface area contributed by atoms with E-state index in [1.54, 1.807) is 0 Å². The summed E-state index contributed by atoms with van der Waals surface area (Å²) in [5, 5.41) is 0. The molecule has 0 unspecified atom stereocenters. The quantitative estimate of drug-likeness (QED) is 0.363. The molecule has 1 nitrogen and oxygen atoms in total. The zero-order valence-electron chi connectivity index (χ0n) is 7.27. The molecule has 0 aromatic carbocycles. The number of rotatable bonds is 5. The molecule has 1 heteroatoms. The lowest BCUT2D eigenvalue weighted by molar-refractivity contribution is 0.836. The van der Waals surface area contributed by atoms with E-state index in [0.717, 1.165) is 32.2 Å². The van der Waals surface area contributed by atoms with E-state index in [1.807, 2.05) is 0 Å². The molecule has 0 amide bonds. The smallest absolute Gasteiger partial charge is 0.00891 e. The first-order valence-corrected chi connectivity index (χ1v) is 4.10. The summed E-state index contributed by atoms with van der Waals surface area (Å²) in [6, 6.07) is 0. The van der Waals surface area contributed by atoms with Gasteiger partial charge in [-0.25, -0.2) is 0 Å². The Balaban J connectivity index is 3.36. The molecule has 0 aliphatic carbocycles. The molecular weight excluding hydrogens is 134 g/mol. The number of allylic oxidation sites excluding steroid dienone is 1. The molecule has 0 aliphatic rings. The van der Waals surface area contributed by atoms with Gasteiger partial charge in [0, 0.05) is 6.42 Å². The van der Waals surface area contributed by atoms with Gasteiger partial charge in [0.15, 0.2) is 0 Å². The molecule has 0 saturated heterocycles. The van der Waals surface area contributed by atoms with Crippen LogP contribution < -0.4 is 5.73 Å². The van der Waals surface area contributed by atoms with Gasteiger partial charge in [-0.2, -0.15) is 0 Å². The number of hydrogen-bond acceptors (Lipinski definition) is 1. The van der Waals surface area contributed by atoms with E-state index in [4.69, 9.17) is 12.2 Å². The third-order valence-corrected chi connectivity index (χ3v) is 1.55. The second-order valence-electron chi connectivity index (χ2n) is 2.69. The highest BCUT2D eigenvalue weighted by Crippen LogP contribution is 2.06. The molecule has 0 aliphatic heterocycles. The highest BCUT2D eigenvalue weighted by Gasteiger charge is 1.88. The fourth-order valence-corrected chi connectivity index (χ4v) is 0.901. The van der Waals surface area contributed by atoms with Crippen LogP contribution in [0.1, 0.15) is 32.6 Å². The molecule has 0 fully saturated rings. The van der Waals surface area contributed by atoms with Crippen LogP contribution in [-0.4, -0.2) is 6.54 Å². The predicted molar refractivity (Wildman–Crippen MR) is 50.1 cm³/mol. The van der Waals surface area contributed by atoms with Crippen molar-refractivity contribution in [3.63, 3.8) is 0 Å². The van der Waals surface area contributed by atoms with Gasteiger partial charge >= 0.3 is 0 Å². The summed E-state index contributed by atoms with van der Waals surface area (Å²) in [6.07, 6.45) is 11.4. The maximum atomic E-state index is 5.35. The van der Waals surface area contributed by atoms with Crippen LogP contribution in [0.4, 0.5) is 0 Å². The molecule has 0 spiro atoms. The highest BCUT2D eigenvalue weighted by molar-refractivity contribution is 4.98. The Morgan fingerprint density at radius 1 is 1.64 bits per heavy atom. The van der Waals surface area contributed by atoms with Crippen molar-refractivity contribution in [2.75, 3.05) is 6.54 Å². The fraction of sp³-hybridized carbons (Fsp3) is 0.600. The lowest BCUT2D eigenvalue weighted by Gasteiger charge is -1.97. The van der Waals surface area contributed by atoms with Gasteiger partial charge in [0.1, 0.15) is 0 Å². The predicted octanol–water partition coefficient (Wildman–Crippen LogP) is 2.08. The van der Waals surface area contributed by atoms with Gasteiger partial charge in [0.05, 0.1) is 0 Å². The summed E-state index contributed by atoms with van der Waals surface area (Å²) < 4.78 is 0. The van der Waals surface area contributed by atoms with Gasteiger partial charge in [0.25, 0.3) is 0 Å². The Labute approximate surface area is 69.7 Å². The first-order chi connectivity index (χ1) is 5.31. The lowest BCUT2D eigenvalue weighted by atomic mass is 10.1. The second kappa shape index (κ2) is 7.37. The van der Waals surface area contributed by atoms with E-state index in [0.29, 0.717) is 0 Å². The number of nitrogens with two attached hydrogens (primary N) is 1. The molecule has 0 bridgehead atoms. The number of hydrogen-bond donors (Lipinski definition) is 1. The van der Waals surface area contributed by atoms with Crippen molar-refractivity contribution in [2.45, 2.75) is 32.6 Å². The van der Waals surface area contributed by atoms with E-state index in [9.17, 15) is 0 Å². The standard InChI is InChI=1S/C10H17N/c1-3-4-5-7-10(2)8-6-9-11/h1,8H,4-7,9,11H2,2H3. The summed E-state index contributed by atoms with van der Waals surface area (Å²) >= 11 is 0. The summed E-state index contributed by atoms with van der Waals surface area (Å²) in [7, 11) is 0. The molecule has 0 radical (unpaired) electrons. The third kappa shape index (κ3) is 7.15. The van der Waals surface area contributed by atoms with Gasteiger partial charge in [-0.05, 0) is 32.7 Å². The van der Waals surface area contributed by atoms with Crippen LogP contribution in [-0.2, 0) is 0 Å². The molecule has 62 valence electrons. The molecule has 0 aromatic rings. The van der Waals surface area contributed by atoms with Crippen LogP contribution in [0, 0.1) is 12.3 Å². The Morgan fingerprint density at radius 3 is 2.91 bits per heavy atom. The largest absolute Gasteiger partial charge is 0.330 e. The van der Waals surface area contributed by atoms with Crippen molar-refractivity contribution >= 4 is 0 Å². The number of unbranched alkanes of at least 4 members (excludes halogenated alkanes) is 1. The molecule has 11 heavy (non-hydrogen) atoms. The Morgan fingerprint density at radius 2 is 2.36 bits per heavy atom. The zero-order chi connectivity index (χ0) is 8.53. The van der Waals surface area contributed by atoms with Crippen molar-refractivity contribution in [1.82, 2.24) is 0 Å². The summed E-state index contributed by atoms with van der Waals surface area (Å²) in [6.45, 7) is 2.87. The van der Waals surface area contributed by atoms with Gasteiger partial charge in [0.2, 0.25) is 0 Å². The van der Waals surface area contributed by atoms with Gasteiger partial charge in [-0.15, -0.1) is 12.3 Å². The van der Waals surface area contributed by atoms with Crippen LogP contribution in [0.25, 0.3) is 0 Å². The van der Waals surface area contributed by atoms with Crippen molar-refractivity contribution in [2.24, 2.45) is 5.73 Å². The van der Waals surface area contributed by atoms with Crippen LogP contribution in [0.5, 0.6) is 0 Å². The minimum Gasteiger partial charge on any atom is -0.330 e. The third-order valence-electron chi connectivity index (χ3n) is 1.55. The minimum atomic E-state index is 0.743. The molecule has 0 atom stereocenters. The Kier molecular flexibility index (Phi) is 6.87. The minimum absolute atomic E-state index is 0.743. The average Bonchev–Trinajstić information content (AvgIpc) is 2.01. The zero-order valence-corrected chi connectivity index (χ0v) is 7.27. The Hall–Kier alpha value is -0.740. The van der Waals surface area contributed by atoms with Crippen LogP contribution >= 0.6 is 0 Å². The summed E-state index contributed by atoms with van der Waals surface area (Å²) in [5.41, 5.74) is 6.76. The Bertz CT molecular complexity index is 151. The monoisotopic (exact) mass is 151 g/mol. The van der Waals surface area contributed by atoms with Crippen molar-refractivity contribution in [1.29, 1.82) is 0 Å². The van der Waals surface area contributed by atoms with Crippen molar-refractivity contribution in [3.8, 4) is 12.3 Å². The van der Waals surface area contributed by atoms with E-state index in [1.165, 1.54) is 5.57 Å². The van der Waals surface area contributed by atoms with E-state index < -0.39 is 0 Å². The highest BCUT2D eigenvalue weighted by atomic mass is 14.5. The van der Waals surface area contributed by atoms with Crippen LogP contribution in [0.3, 0.4) is 0 Å². The molecule has 0 heterocycles. The normalized spacial score (nSPS) is 11.2. The maximum Gasteiger partial charge on any atom is 0.00891 e. The van der Waals surface area contributed by atoms with E-state index >= 15 is 0 Å². The summed E-state index contributed by atoms with van der Waals surface area (Å²) in [5.74, 6) is 2.63. The molecule has 0 saturated carbocycles. The summed E-state index contributed by atoms with van der Waals surface area (Å²) in [4.78, 5) is 0. The topological polar surface area (TPSA) is 26.0 Å². The molecular formula is C10H17N. The van der Waals surface area contributed by atoms with Crippen LogP contribution in [0.2, 0.25) is 0 Å². The first kappa shape index (κ1) is 10.3.